The number of aromatic hydroxyl groups is 1. The third-order valence-electron chi connectivity index (χ3n) is 6.94. The van der Waals surface area contributed by atoms with Gasteiger partial charge in [0, 0.05) is 1.37 Å². The third kappa shape index (κ3) is 14.0. The summed E-state index contributed by atoms with van der Waals surface area (Å²) >= 11 is 0. The van der Waals surface area contributed by atoms with Gasteiger partial charge in [0.1, 0.15) is 5.75 Å². The molecule has 0 saturated heterocycles. The van der Waals surface area contributed by atoms with Crippen LogP contribution in [0.2, 0.25) is 0 Å². The van der Waals surface area contributed by atoms with Gasteiger partial charge in [-0.25, -0.2) is 0 Å². The lowest BCUT2D eigenvalue weighted by Gasteiger charge is -2.24. The molecular formula is C31H54O3. The molecule has 2 atom stereocenters. The van der Waals surface area contributed by atoms with Crippen molar-refractivity contribution in [2.45, 2.75) is 149 Å². The summed E-state index contributed by atoms with van der Waals surface area (Å²) in [5, 5.41) is 19.7. The molecule has 3 nitrogen and oxygen atoms in total. The molecule has 1 rings (SSSR count). The van der Waals surface area contributed by atoms with Crippen LogP contribution < -0.4 is 0 Å². The van der Waals surface area contributed by atoms with Crippen LogP contribution in [0, 0.1) is 5.92 Å². The molecule has 0 aliphatic heterocycles. The van der Waals surface area contributed by atoms with Crippen molar-refractivity contribution in [3.05, 3.63) is 29.3 Å². The smallest absolute Gasteiger partial charge is 0.306 e. The number of aliphatic carboxylic acids is 1. The molecule has 0 aliphatic rings. The van der Waals surface area contributed by atoms with Crippen LogP contribution >= 0.6 is 0 Å². The van der Waals surface area contributed by atoms with Crippen LogP contribution in [0.25, 0.3) is 0 Å². The number of unbranched alkanes of at least 4 members (excludes halogenated alkanes) is 11. The van der Waals surface area contributed by atoms with E-state index in [0.29, 0.717) is 12.8 Å². The van der Waals surface area contributed by atoms with E-state index >= 15 is 0 Å². The second kappa shape index (κ2) is 17.9. The van der Waals surface area contributed by atoms with Crippen LogP contribution in [-0.4, -0.2) is 16.2 Å². The minimum Gasteiger partial charge on any atom is -0.508 e. The molecule has 0 amide bonds. The first-order valence-corrected chi connectivity index (χ1v) is 14.1. The lowest BCUT2D eigenvalue weighted by Crippen LogP contribution is -2.20. The molecule has 0 spiro atoms. The molecule has 0 radical (unpaired) electrons. The maximum atomic E-state index is 11.9. The fraction of sp³-hybridized carbons (Fsp3) is 0.774. The fourth-order valence-corrected chi connectivity index (χ4v) is 4.80. The lowest BCUT2D eigenvalue weighted by molar-refractivity contribution is -0.142. The Morgan fingerprint density at radius 2 is 1.35 bits per heavy atom. The Morgan fingerprint density at radius 3 is 1.85 bits per heavy atom. The molecule has 196 valence electrons. The maximum Gasteiger partial charge on any atom is 0.306 e. The van der Waals surface area contributed by atoms with Crippen LogP contribution in [0.3, 0.4) is 0 Å². The maximum absolute atomic E-state index is 11.9. The molecule has 34 heavy (non-hydrogen) atoms. The van der Waals surface area contributed by atoms with Crippen molar-refractivity contribution in [2.75, 3.05) is 0 Å². The zero-order valence-corrected chi connectivity index (χ0v) is 22.7. The van der Waals surface area contributed by atoms with Crippen LogP contribution in [0.4, 0.5) is 0 Å². The number of carboxylic acid groups (broad SMARTS) is 1. The number of rotatable bonds is 20. The number of phenolic OH excluding ortho intramolecular Hbond substituents is 1. The number of carboxylic acids is 1. The third-order valence-corrected chi connectivity index (χ3v) is 6.94. The van der Waals surface area contributed by atoms with Crippen LogP contribution in [0.1, 0.15) is 149 Å². The normalized spacial score (nSPS) is 14.1. The average molecular weight is 476 g/mol. The Labute approximate surface area is 212 Å². The van der Waals surface area contributed by atoms with Gasteiger partial charge in [-0.15, -0.1) is 0 Å². The van der Waals surface area contributed by atoms with Crippen molar-refractivity contribution in [3.63, 3.8) is 0 Å². The van der Waals surface area contributed by atoms with E-state index in [1.54, 1.807) is 12.1 Å². The summed E-state index contributed by atoms with van der Waals surface area (Å²) < 4.78 is 8.33. The average Bonchev–Trinajstić information content (AvgIpc) is 2.79. The minimum atomic E-state index is -0.749. The molecular weight excluding hydrogens is 420 g/mol. The molecule has 2 N–H and O–H groups in total. The van der Waals surface area contributed by atoms with E-state index in [-0.39, 0.29) is 17.6 Å². The van der Waals surface area contributed by atoms with E-state index in [0.717, 1.165) is 43.2 Å². The topological polar surface area (TPSA) is 57.5 Å². The highest BCUT2D eigenvalue weighted by atomic mass is 16.4. The largest absolute Gasteiger partial charge is 0.508 e. The van der Waals surface area contributed by atoms with Crippen LogP contribution in [0.15, 0.2) is 18.2 Å². The van der Waals surface area contributed by atoms with Crippen LogP contribution in [-0.2, 0) is 16.6 Å². The van der Waals surface area contributed by atoms with Crippen molar-refractivity contribution < 1.29 is 16.4 Å². The Hall–Kier alpha value is -1.51. The van der Waals surface area contributed by atoms with Crippen molar-refractivity contribution in [1.82, 2.24) is 0 Å². The SMILES string of the molecule is [2H]C(CCCCCCCCCCCCC)CCCC[C@@H](Cc1ccc(O)cc1C(C)(C)C)C(=O)O. The van der Waals surface area contributed by atoms with Crippen molar-refractivity contribution >= 4 is 5.97 Å². The molecule has 0 bridgehead atoms. The number of carbonyl (C=O) groups is 1. The van der Waals surface area contributed by atoms with Crippen molar-refractivity contribution in [1.29, 1.82) is 0 Å². The van der Waals surface area contributed by atoms with E-state index in [1.807, 2.05) is 6.07 Å². The number of hydrogen-bond acceptors (Lipinski definition) is 2. The Bertz CT molecular complexity index is 695. The monoisotopic (exact) mass is 475 g/mol. The van der Waals surface area contributed by atoms with Crippen molar-refractivity contribution in [2.24, 2.45) is 5.92 Å². The summed E-state index contributed by atoms with van der Waals surface area (Å²) in [5.41, 5.74) is 1.88. The van der Waals surface area contributed by atoms with E-state index in [9.17, 15) is 15.0 Å². The Morgan fingerprint density at radius 1 is 0.853 bits per heavy atom. The van der Waals surface area contributed by atoms with E-state index in [4.69, 9.17) is 1.37 Å². The number of benzene rings is 1. The summed E-state index contributed by atoms with van der Waals surface area (Å²) in [6, 6.07) is 5.30. The summed E-state index contributed by atoms with van der Waals surface area (Å²) in [7, 11) is 0. The summed E-state index contributed by atoms with van der Waals surface area (Å²) in [5.74, 6) is -0.942. The Kier molecular flexibility index (Phi) is 15.1. The molecule has 0 heterocycles. The molecule has 0 fully saturated rings. The van der Waals surface area contributed by atoms with Gasteiger partial charge in [0.05, 0.1) is 5.92 Å². The lowest BCUT2D eigenvalue weighted by atomic mass is 9.80. The number of phenols is 1. The summed E-state index contributed by atoms with van der Waals surface area (Å²) in [6.07, 6.45) is 19.4. The quantitative estimate of drug-likeness (QED) is 0.185. The summed E-state index contributed by atoms with van der Waals surface area (Å²) in [4.78, 5) is 11.9. The van der Waals surface area contributed by atoms with Gasteiger partial charge in [-0.05, 0) is 41.5 Å². The molecule has 0 aliphatic carbocycles. The molecule has 1 aromatic rings. The summed E-state index contributed by atoms with van der Waals surface area (Å²) in [6.45, 7) is 8.53. The fourth-order valence-electron chi connectivity index (χ4n) is 4.80. The van der Waals surface area contributed by atoms with E-state index in [2.05, 4.69) is 27.7 Å². The van der Waals surface area contributed by atoms with Gasteiger partial charge < -0.3 is 10.2 Å². The molecule has 3 heteroatoms. The second-order valence-corrected chi connectivity index (χ2v) is 11.2. The minimum absolute atomic E-state index is 0.0126. The highest BCUT2D eigenvalue weighted by molar-refractivity contribution is 5.70. The molecule has 0 aromatic heterocycles. The zero-order chi connectivity index (χ0) is 26.1. The van der Waals surface area contributed by atoms with E-state index in [1.165, 1.54) is 64.2 Å². The Balaban J connectivity index is 2.22. The standard InChI is InChI=1S/C31H54O3/c1-5-6-7-8-9-10-11-12-13-14-15-16-17-18-19-20-21-27(30(33)34)24-26-22-23-28(32)25-29(26)31(2,3)4/h22-23,25,27,32H,5-21,24H2,1-4H3,(H,33,34)/t27-/m0/s1/i17D/t17?,27-. The molecule has 0 saturated carbocycles. The molecule has 1 unspecified atom stereocenters. The first kappa shape index (κ1) is 28.7. The first-order chi connectivity index (χ1) is 16.6. The van der Waals surface area contributed by atoms with Gasteiger partial charge >= 0.3 is 5.97 Å². The zero-order valence-electron chi connectivity index (χ0n) is 23.7. The van der Waals surface area contributed by atoms with E-state index < -0.39 is 11.9 Å². The van der Waals surface area contributed by atoms with Gasteiger partial charge in [0.25, 0.3) is 0 Å². The second-order valence-electron chi connectivity index (χ2n) is 11.2. The predicted octanol–water partition coefficient (Wildman–Crippen LogP) is 9.58. The highest BCUT2D eigenvalue weighted by Gasteiger charge is 2.23. The van der Waals surface area contributed by atoms with Gasteiger partial charge in [-0.3, -0.25) is 4.79 Å². The van der Waals surface area contributed by atoms with Gasteiger partial charge in [0.15, 0.2) is 0 Å². The number of hydrogen-bond donors (Lipinski definition) is 2. The van der Waals surface area contributed by atoms with Crippen molar-refractivity contribution in [3.8, 4) is 5.75 Å². The van der Waals surface area contributed by atoms with Crippen LogP contribution in [0.5, 0.6) is 5.75 Å². The molecule has 1 aromatic carbocycles. The van der Waals surface area contributed by atoms with Gasteiger partial charge in [-0.1, -0.05) is 136 Å². The van der Waals surface area contributed by atoms with Gasteiger partial charge in [0.2, 0.25) is 0 Å². The van der Waals surface area contributed by atoms with Gasteiger partial charge in [-0.2, -0.15) is 0 Å². The first-order valence-electron chi connectivity index (χ1n) is 14.7. The predicted molar refractivity (Wildman–Crippen MR) is 146 cm³/mol. The highest BCUT2D eigenvalue weighted by Crippen LogP contribution is 2.31.